The monoisotopic (exact) mass is 557 g/mol. The molecule has 0 aromatic carbocycles. The number of fused-ring (bicyclic) bond motifs is 1. The van der Waals surface area contributed by atoms with E-state index in [1.54, 1.807) is 0 Å². The molecule has 2 atom stereocenters. The van der Waals surface area contributed by atoms with Crippen LogP contribution < -0.4 is 0 Å². The zero-order valence-electron chi connectivity index (χ0n) is 14.4. The van der Waals surface area contributed by atoms with Crippen molar-refractivity contribution in [1.82, 2.24) is 4.90 Å². The van der Waals surface area contributed by atoms with Gasteiger partial charge in [0.05, 0.1) is 0 Å². The van der Waals surface area contributed by atoms with Crippen molar-refractivity contribution in [1.29, 1.82) is 0 Å². The van der Waals surface area contributed by atoms with Gasteiger partial charge in [-0.3, -0.25) is 0 Å². The first-order valence-electron chi connectivity index (χ1n) is 7.39. The van der Waals surface area contributed by atoms with Gasteiger partial charge in [-0.15, -0.1) is 4.90 Å². The van der Waals surface area contributed by atoms with Crippen LogP contribution >= 0.6 is 0 Å². The predicted molar refractivity (Wildman–Crippen MR) is 59.4 cm³/mol. The Morgan fingerprint density at radius 2 is 0.765 bits per heavy atom. The number of alkyl halides is 18. The van der Waals surface area contributed by atoms with Gasteiger partial charge in [-0.1, -0.05) is 0 Å². The molecule has 1 saturated heterocycles. The third-order valence-corrected chi connectivity index (χ3v) is 5.02. The molecule has 0 aromatic rings. The summed E-state index contributed by atoms with van der Waals surface area (Å²) < 4.78 is 286. The first-order valence-corrected chi connectivity index (χ1v) is 7.39. The van der Waals surface area contributed by atoms with Crippen LogP contribution in [-0.2, 0) is 0 Å². The van der Waals surface area contributed by atoms with Crippen LogP contribution in [0.3, 0.4) is 0 Å². The molecule has 0 N–H and O–H groups in total. The summed E-state index contributed by atoms with van der Waals surface area (Å²) >= 11 is 0. The zero-order valence-corrected chi connectivity index (χ0v) is 14.4. The van der Waals surface area contributed by atoms with Crippen molar-refractivity contribution in [3.8, 4) is 0 Å². The Morgan fingerprint density at radius 3 is 1.09 bits per heavy atom. The van der Waals surface area contributed by atoms with Gasteiger partial charge in [0.25, 0.3) is 11.5 Å². The highest BCUT2D eigenvalue weighted by Crippen LogP contribution is 2.79. The van der Waals surface area contributed by atoms with E-state index in [9.17, 15) is 92.2 Å². The third kappa shape index (κ3) is 2.25. The Balaban J connectivity index is 3.25. The van der Waals surface area contributed by atoms with Crippen molar-refractivity contribution >= 4 is 0 Å². The lowest BCUT2D eigenvalue weighted by Gasteiger charge is -2.64. The lowest BCUT2D eigenvalue weighted by Crippen LogP contribution is -2.99. The minimum absolute atomic E-state index is 4.65. The number of piperidine rings is 1. The molecule has 0 radical (unpaired) electrons. The molecule has 1 heterocycles. The number of halogens is 21. The predicted octanol–water partition coefficient (Wildman–Crippen LogP) is 6.76. The van der Waals surface area contributed by atoms with E-state index in [0.717, 1.165) is 0 Å². The fourth-order valence-electron chi connectivity index (χ4n) is 3.31. The Labute approximate surface area is 169 Å². The maximum Gasteiger partial charge on any atom is 0.382 e. The van der Waals surface area contributed by atoms with E-state index >= 15 is 0 Å². The van der Waals surface area contributed by atoms with Crippen LogP contribution in [0.1, 0.15) is 0 Å². The van der Waals surface area contributed by atoms with E-state index in [4.69, 9.17) is 0 Å². The average molecular weight is 557 g/mol. The van der Waals surface area contributed by atoms with E-state index in [-0.39, 0.29) is 0 Å². The lowest BCUT2D eigenvalue weighted by atomic mass is 9.59. The second kappa shape index (κ2) is 6.31. The summed E-state index contributed by atoms with van der Waals surface area (Å²) in [5.74, 6) is -48.0. The summed E-state index contributed by atoms with van der Waals surface area (Å²) in [5.41, 5.74) is -17.8. The number of rotatable bonds is 2. The number of nitrogens with zero attached hydrogens (tertiary/aromatic N) is 1. The number of hydrogen-bond acceptors (Lipinski definition) is 1. The van der Waals surface area contributed by atoms with Crippen LogP contribution in [-0.4, -0.2) is 64.0 Å². The molecule has 0 aromatic heterocycles. The van der Waals surface area contributed by atoms with Gasteiger partial charge in [0.1, 0.15) is 0 Å². The van der Waals surface area contributed by atoms with Crippen LogP contribution in [0, 0.1) is 0 Å². The summed E-state index contributed by atoms with van der Waals surface area (Å²) in [7, 11) is 0. The highest BCUT2D eigenvalue weighted by Gasteiger charge is 3.13. The fraction of sp³-hybridized carbons (Fsp3) is 0.833. The standard InChI is InChI=1S/C12F21N/c13-1(2(14)15)3(16,17)34-11(30,31)5(19)4(18,8(24,25)12(34,32)33)6(20,21)9(26,27)10(28,29)7(5,22)23. The maximum absolute atomic E-state index is 14.7. The van der Waals surface area contributed by atoms with Crippen LogP contribution in [0.2, 0.25) is 0 Å². The molecule has 1 aliphatic heterocycles. The number of likely N-dealkylation sites (tertiary alicyclic amines) is 1. The SMILES string of the molecule is FC(F)=C(F)C(F)(F)N1C(F)(F)C(F)(F)C2(F)C(F)(F)C(F)(F)C(F)(F)C(F)(F)C2(F)C1(F)F. The topological polar surface area (TPSA) is 3.24 Å². The molecule has 1 nitrogen and oxygen atoms in total. The second-order valence-electron chi connectivity index (χ2n) is 6.72. The largest absolute Gasteiger partial charge is 0.382 e. The Morgan fingerprint density at radius 1 is 0.441 bits per heavy atom. The van der Waals surface area contributed by atoms with Crippen molar-refractivity contribution in [2.45, 2.75) is 59.1 Å². The molecular formula is C12F21N. The van der Waals surface area contributed by atoms with Gasteiger partial charge < -0.3 is 0 Å². The summed E-state index contributed by atoms with van der Waals surface area (Å²) in [5, 5.41) is 0. The van der Waals surface area contributed by atoms with E-state index < -0.39 is 75.9 Å². The molecule has 2 fully saturated rings. The van der Waals surface area contributed by atoms with Gasteiger partial charge in [-0.25, -0.2) is 8.78 Å². The second-order valence-corrected chi connectivity index (χ2v) is 6.72. The molecule has 2 unspecified atom stereocenters. The summed E-state index contributed by atoms with van der Waals surface area (Å²) in [6.45, 7) is 0. The van der Waals surface area contributed by atoms with Crippen molar-refractivity contribution in [2.75, 3.05) is 0 Å². The summed E-state index contributed by atoms with van der Waals surface area (Å²) in [4.78, 5) is -4.65. The van der Waals surface area contributed by atoms with Gasteiger partial charge >= 0.3 is 59.5 Å². The zero-order chi connectivity index (χ0) is 27.7. The lowest BCUT2D eigenvalue weighted by molar-refractivity contribution is -0.575. The first-order chi connectivity index (χ1) is 14.5. The minimum atomic E-state index is -8.91. The summed E-state index contributed by atoms with van der Waals surface area (Å²) in [6, 6.07) is -25.0. The minimum Gasteiger partial charge on any atom is -0.226 e. The van der Waals surface area contributed by atoms with E-state index in [2.05, 4.69) is 0 Å². The molecule has 22 heteroatoms. The molecule has 34 heavy (non-hydrogen) atoms. The van der Waals surface area contributed by atoms with Gasteiger partial charge in [-0.05, 0) is 0 Å². The van der Waals surface area contributed by atoms with Crippen LogP contribution in [0.5, 0.6) is 0 Å². The van der Waals surface area contributed by atoms with E-state index in [1.807, 2.05) is 0 Å². The first kappa shape index (κ1) is 28.5. The van der Waals surface area contributed by atoms with Gasteiger partial charge in [-0.2, -0.15) is 83.4 Å². The van der Waals surface area contributed by atoms with E-state index in [1.165, 1.54) is 0 Å². The highest BCUT2D eigenvalue weighted by molar-refractivity contribution is 5.40. The highest BCUT2D eigenvalue weighted by atomic mass is 19.4. The molecule has 2 aliphatic rings. The Hall–Kier alpha value is -1.77. The van der Waals surface area contributed by atoms with Crippen LogP contribution in [0.25, 0.3) is 0 Å². The van der Waals surface area contributed by atoms with Crippen molar-refractivity contribution < 1.29 is 92.2 Å². The normalized spacial score (nSPS) is 37.0. The summed E-state index contributed by atoms with van der Waals surface area (Å²) in [6.07, 6.45) is -4.71. The van der Waals surface area contributed by atoms with Crippen molar-refractivity contribution in [3.63, 3.8) is 0 Å². The van der Waals surface area contributed by atoms with Crippen molar-refractivity contribution in [3.05, 3.63) is 11.9 Å². The molecule has 1 aliphatic carbocycles. The van der Waals surface area contributed by atoms with E-state index in [0.29, 0.717) is 0 Å². The molecule has 0 spiro atoms. The fourth-order valence-corrected chi connectivity index (χ4v) is 3.31. The van der Waals surface area contributed by atoms with Gasteiger partial charge in [0, 0.05) is 0 Å². The Bertz CT molecular complexity index is 913. The molecule has 0 amide bonds. The smallest absolute Gasteiger partial charge is 0.226 e. The molecule has 200 valence electrons. The average Bonchev–Trinajstić information content (AvgIpc) is 2.62. The molecular weight excluding hydrogens is 557 g/mol. The molecule has 2 rings (SSSR count). The molecule has 1 saturated carbocycles. The van der Waals surface area contributed by atoms with Crippen LogP contribution in [0.4, 0.5) is 92.2 Å². The van der Waals surface area contributed by atoms with Gasteiger partial charge in [0.2, 0.25) is 0 Å². The quantitative estimate of drug-likeness (QED) is 0.268. The maximum atomic E-state index is 14.7. The van der Waals surface area contributed by atoms with Gasteiger partial charge in [0.15, 0.2) is 0 Å². The number of hydrogen-bond donors (Lipinski definition) is 0. The third-order valence-electron chi connectivity index (χ3n) is 5.02. The molecule has 0 bridgehead atoms. The van der Waals surface area contributed by atoms with Crippen LogP contribution in [0.15, 0.2) is 11.9 Å². The van der Waals surface area contributed by atoms with Crippen molar-refractivity contribution in [2.24, 2.45) is 0 Å². The Kier molecular flexibility index (Phi) is 5.29.